The molecule has 5 heteroatoms. The van der Waals surface area contributed by atoms with Gasteiger partial charge in [-0.05, 0) is 42.9 Å². The van der Waals surface area contributed by atoms with Crippen LogP contribution in [-0.2, 0) is 6.54 Å². The second kappa shape index (κ2) is 6.41. The molecule has 0 bridgehead atoms. The molecule has 2 unspecified atom stereocenters. The van der Waals surface area contributed by atoms with Gasteiger partial charge in [0, 0.05) is 11.0 Å². The first kappa shape index (κ1) is 15.5. The minimum absolute atomic E-state index is 0.0152. The fourth-order valence-electron chi connectivity index (χ4n) is 2.61. The van der Waals surface area contributed by atoms with Crippen LogP contribution in [0, 0.1) is 11.8 Å². The first-order valence-electron chi connectivity index (χ1n) is 7.93. The van der Waals surface area contributed by atoms with Gasteiger partial charge in [-0.2, -0.15) is 4.98 Å². The van der Waals surface area contributed by atoms with E-state index in [1.165, 1.54) is 6.42 Å². The number of rotatable bonds is 6. The van der Waals surface area contributed by atoms with Crippen molar-refractivity contribution in [1.82, 2.24) is 9.55 Å². The molecule has 0 N–H and O–H groups in total. The molecule has 1 aliphatic rings. The highest BCUT2D eigenvalue weighted by molar-refractivity contribution is 9.10. The Morgan fingerprint density at radius 3 is 2.91 bits per heavy atom. The van der Waals surface area contributed by atoms with Crippen molar-refractivity contribution in [3.05, 3.63) is 33.0 Å². The number of aromatic nitrogens is 2. The molecule has 1 fully saturated rings. The number of ether oxygens (including phenoxy) is 1. The third kappa shape index (κ3) is 3.19. The van der Waals surface area contributed by atoms with Crippen LogP contribution in [0.4, 0.5) is 0 Å². The Balaban J connectivity index is 1.99. The van der Waals surface area contributed by atoms with E-state index in [-0.39, 0.29) is 5.56 Å². The molecule has 1 saturated carbocycles. The maximum atomic E-state index is 12.8. The maximum Gasteiger partial charge on any atom is 0.299 e. The van der Waals surface area contributed by atoms with Gasteiger partial charge in [0.2, 0.25) is 0 Å². The van der Waals surface area contributed by atoms with Crippen molar-refractivity contribution in [2.24, 2.45) is 11.8 Å². The minimum atomic E-state index is -0.0152. The Kier molecular flexibility index (Phi) is 4.52. The summed E-state index contributed by atoms with van der Waals surface area (Å²) in [6, 6.07) is 6.06. The maximum absolute atomic E-state index is 12.8. The molecule has 0 radical (unpaired) electrons. The van der Waals surface area contributed by atoms with Gasteiger partial charge >= 0.3 is 0 Å². The molecule has 0 spiro atoms. The van der Waals surface area contributed by atoms with E-state index in [1.807, 2.05) is 18.2 Å². The molecule has 0 saturated heterocycles. The lowest BCUT2D eigenvalue weighted by Crippen LogP contribution is -2.24. The van der Waals surface area contributed by atoms with Crippen molar-refractivity contribution in [3.8, 4) is 6.01 Å². The monoisotopic (exact) mass is 364 g/mol. The van der Waals surface area contributed by atoms with Gasteiger partial charge in [0.25, 0.3) is 11.6 Å². The van der Waals surface area contributed by atoms with Crippen LogP contribution in [-0.4, -0.2) is 16.2 Å². The average molecular weight is 365 g/mol. The lowest BCUT2D eigenvalue weighted by Gasteiger charge is -2.13. The van der Waals surface area contributed by atoms with Gasteiger partial charge in [-0.1, -0.05) is 36.2 Å². The Bertz CT molecular complexity index is 741. The highest BCUT2D eigenvalue weighted by atomic mass is 79.9. The molecule has 1 aromatic carbocycles. The molecule has 22 heavy (non-hydrogen) atoms. The number of nitrogens with zero attached hydrogens (tertiary/aromatic N) is 2. The van der Waals surface area contributed by atoms with Crippen LogP contribution in [0.5, 0.6) is 6.01 Å². The summed E-state index contributed by atoms with van der Waals surface area (Å²) in [5.74, 6) is 1.34. The smallest absolute Gasteiger partial charge is 0.299 e. The lowest BCUT2D eigenvalue weighted by atomic mass is 10.2. The van der Waals surface area contributed by atoms with Crippen LogP contribution in [0.15, 0.2) is 27.5 Å². The Hall–Kier alpha value is -1.36. The highest BCUT2D eigenvalue weighted by Gasteiger charge is 2.33. The van der Waals surface area contributed by atoms with Gasteiger partial charge in [-0.15, -0.1) is 0 Å². The second-order valence-electron chi connectivity index (χ2n) is 6.15. The summed E-state index contributed by atoms with van der Waals surface area (Å²) in [5, 5.41) is 0.637. The van der Waals surface area contributed by atoms with Gasteiger partial charge in [0.15, 0.2) is 0 Å². The van der Waals surface area contributed by atoms with E-state index in [0.29, 0.717) is 36.0 Å². The van der Waals surface area contributed by atoms with E-state index in [1.54, 1.807) is 4.57 Å². The van der Waals surface area contributed by atoms with Crippen LogP contribution in [0.3, 0.4) is 0 Å². The molecule has 4 nitrogen and oxygen atoms in total. The van der Waals surface area contributed by atoms with Gasteiger partial charge in [-0.3, -0.25) is 9.36 Å². The number of fused-ring (bicyclic) bond motifs is 1. The molecule has 0 amide bonds. The normalized spacial score (nSPS) is 20.3. The first-order valence-corrected chi connectivity index (χ1v) is 8.72. The summed E-state index contributed by atoms with van der Waals surface area (Å²) in [6.07, 6.45) is 3.18. The molecular weight excluding hydrogens is 344 g/mol. The summed E-state index contributed by atoms with van der Waals surface area (Å²) < 4.78 is 8.46. The van der Waals surface area contributed by atoms with Crippen LogP contribution < -0.4 is 10.3 Å². The van der Waals surface area contributed by atoms with Crippen molar-refractivity contribution in [2.45, 2.75) is 39.7 Å². The average Bonchev–Trinajstić information content (AvgIpc) is 3.21. The van der Waals surface area contributed by atoms with Crippen molar-refractivity contribution in [1.29, 1.82) is 0 Å². The summed E-state index contributed by atoms with van der Waals surface area (Å²) in [7, 11) is 0. The number of halogens is 1. The molecule has 2 atom stereocenters. The molecule has 3 rings (SSSR count). The summed E-state index contributed by atoms with van der Waals surface area (Å²) in [5.41, 5.74) is 0.679. The third-order valence-electron chi connectivity index (χ3n) is 4.32. The second-order valence-corrected chi connectivity index (χ2v) is 7.07. The summed E-state index contributed by atoms with van der Waals surface area (Å²) in [4.78, 5) is 17.3. The van der Waals surface area contributed by atoms with E-state index in [2.05, 4.69) is 34.8 Å². The highest BCUT2D eigenvalue weighted by Crippen LogP contribution is 2.37. The van der Waals surface area contributed by atoms with E-state index < -0.39 is 0 Å². The first-order chi connectivity index (χ1) is 10.6. The zero-order valence-electron chi connectivity index (χ0n) is 13.0. The predicted molar refractivity (Wildman–Crippen MR) is 91.4 cm³/mol. The topological polar surface area (TPSA) is 44.1 Å². The predicted octanol–water partition coefficient (Wildman–Crippen LogP) is 3.99. The number of hydrogen-bond donors (Lipinski definition) is 0. The van der Waals surface area contributed by atoms with E-state index >= 15 is 0 Å². The largest absolute Gasteiger partial charge is 0.464 e. The summed E-state index contributed by atoms with van der Waals surface area (Å²) in [6.45, 7) is 5.65. The zero-order valence-corrected chi connectivity index (χ0v) is 14.6. The van der Waals surface area contributed by atoms with Crippen LogP contribution in [0.25, 0.3) is 10.9 Å². The van der Waals surface area contributed by atoms with Gasteiger partial charge in [0.05, 0.1) is 17.5 Å². The van der Waals surface area contributed by atoms with Gasteiger partial charge < -0.3 is 4.74 Å². The fourth-order valence-corrected chi connectivity index (χ4v) is 2.97. The Morgan fingerprint density at radius 1 is 1.45 bits per heavy atom. The fraction of sp³-hybridized carbons (Fsp3) is 0.529. The Labute approximate surface area is 138 Å². The number of benzene rings is 1. The van der Waals surface area contributed by atoms with Crippen LogP contribution in [0.1, 0.15) is 33.1 Å². The molecular formula is C17H21BrN2O2. The minimum Gasteiger partial charge on any atom is -0.464 e. The number of unbranched alkanes of at least 4 members (excludes halogenated alkanes) is 1. The quantitative estimate of drug-likeness (QED) is 0.778. The van der Waals surface area contributed by atoms with E-state index in [9.17, 15) is 4.79 Å². The van der Waals surface area contributed by atoms with Crippen molar-refractivity contribution in [3.63, 3.8) is 0 Å². The lowest BCUT2D eigenvalue weighted by molar-refractivity contribution is 0.253. The molecule has 2 aromatic rings. The molecule has 1 heterocycles. The van der Waals surface area contributed by atoms with Crippen molar-refractivity contribution in [2.75, 3.05) is 6.61 Å². The molecule has 1 aromatic heterocycles. The molecule has 118 valence electrons. The van der Waals surface area contributed by atoms with Gasteiger partial charge in [-0.25, -0.2) is 0 Å². The van der Waals surface area contributed by atoms with Crippen molar-refractivity contribution >= 4 is 26.8 Å². The number of hydrogen-bond acceptors (Lipinski definition) is 3. The molecule has 0 aliphatic heterocycles. The molecule has 1 aliphatic carbocycles. The van der Waals surface area contributed by atoms with Crippen LogP contribution in [0.2, 0.25) is 0 Å². The van der Waals surface area contributed by atoms with Gasteiger partial charge in [0.1, 0.15) is 0 Å². The Morgan fingerprint density at radius 2 is 2.23 bits per heavy atom. The standard InChI is InChI=1S/C17H21BrN2O2/c1-3-4-7-20-16(21)14-9-13(18)5-6-15(14)19-17(20)22-10-12-8-11(12)2/h5-6,9,11-12H,3-4,7-8,10H2,1-2H3. The van der Waals surface area contributed by atoms with E-state index in [0.717, 1.165) is 23.2 Å². The van der Waals surface area contributed by atoms with Crippen LogP contribution >= 0.6 is 15.9 Å². The van der Waals surface area contributed by atoms with E-state index in [4.69, 9.17) is 4.74 Å². The van der Waals surface area contributed by atoms with Crippen molar-refractivity contribution < 1.29 is 4.74 Å². The SMILES string of the molecule is CCCCn1c(OCC2CC2C)nc2ccc(Br)cc2c1=O. The zero-order chi connectivity index (χ0) is 15.7. The third-order valence-corrected chi connectivity index (χ3v) is 4.81. The summed E-state index contributed by atoms with van der Waals surface area (Å²) >= 11 is 3.42.